The first-order chi connectivity index (χ1) is 10.5. The lowest BCUT2D eigenvalue weighted by molar-refractivity contribution is -0.0394. The average Bonchev–Trinajstić information content (AvgIpc) is 2.85. The van der Waals surface area contributed by atoms with Gasteiger partial charge in [-0.25, -0.2) is 0 Å². The minimum atomic E-state index is -0.639. The summed E-state index contributed by atoms with van der Waals surface area (Å²) in [5.41, 5.74) is 1.37. The van der Waals surface area contributed by atoms with Crippen LogP contribution in [0.25, 0.3) is 0 Å². The molecule has 2 atom stereocenters. The fourth-order valence-electron chi connectivity index (χ4n) is 2.58. The summed E-state index contributed by atoms with van der Waals surface area (Å²) < 4.78 is 5.66. The number of amides is 1. The first kappa shape index (κ1) is 16.5. The monoisotopic (exact) mass is 304 g/mol. The molecule has 2 N–H and O–H groups in total. The molecule has 1 amide bonds. The Morgan fingerprint density at radius 2 is 2.23 bits per heavy atom. The smallest absolute Gasteiger partial charge is 0.256 e. The summed E-state index contributed by atoms with van der Waals surface area (Å²) in [6.45, 7) is 8.81. The van der Waals surface area contributed by atoms with Crippen LogP contribution in [0.15, 0.2) is 36.9 Å². The van der Waals surface area contributed by atoms with E-state index in [0.717, 1.165) is 5.69 Å². The number of aliphatic hydroxyl groups excluding tert-OH is 1. The summed E-state index contributed by atoms with van der Waals surface area (Å²) in [5, 5.41) is 13.2. The van der Waals surface area contributed by atoms with Gasteiger partial charge >= 0.3 is 0 Å². The van der Waals surface area contributed by atoms with E-state index < -0.39 is 6.10 Å². The summed E-state index contributed by atoms with van der Waals surface area (Å²) in [6.07, 6.45) is 0.807. The third kappa shape index (κ3) is 3.87. The summed E-state index contributed by atoms with van der Waals surface area (Å²) in [4.78, 5) is 14.3. The number of nitrogens with one attached hydrogen (secondary N) is 1. The Labute approximate surface area is 131 Å². The van der Waals surface area contributed by atoms with Crippen LogP contribution in [0.2, 0.25) is 0 Å². The van der Waals surface area contributed by atoms with E-state index >= 15 is 0 Å². The van der Waals surface area contributed by atoms with Crippen LogP contribution in [0.4, 0.5) is 5.69 Å². The van der Waals surface area contributed by atoms with Gasteiger partial charge in [0.05, 0.1) is 17.8 Å². The number of nitrogens with zero attached hydrogens (tertiary/aromatic N) is 1. The molecule has 1 aromatic carbocycles. The molecule has 0 unspecified atom stereocenters. The molecule has 1 saturated heterocycles. The Bertz CT molecular complexity index is 530. The van der Waals surface area contributed by atoms with Crippen LogP contribution in [0.5, 0.6) is 0 Å². The third-order valence-corrected chi connectivity index (χ3v) is 3.57. The second-order valence-corrected chi connectivity index (χ2v) is 5.72. The lowest BCUT2D eigenvalue weighted by Gasteiger charge is -2.19. The molecule has 0 spiro atoms. The Morgan fingerprint density at radius 3 is 2.91 bits per heavy atom. The zero-order valence-electron chi connectivity index (χ0n) is 13.2. The molecule has 0 radical (unpaired) electrons. The van der Waals surface area contributed by atoms with E-state index in [2.05, 4.69) is 11.9 Å². The number of carbonyl (C=O) groups excluding carboxylic acids is 1. The van der Waals surface area contributed by atoms with Gasteiger partial charge in [0.25, 0.3) is 5.91 Å². The minimum Gasteiger partial charge on any atom is -0.388 e. The van der Waals surface area contributed by atoms with Crippen LogP contribution in [-0.2, 0) is 4.74 Å². The molecule has 5 nitrogen and oxygen atoms in total. The number of benzene rings is 1. The highest BCUT2D eigenvalue weighted by molar-refractivity contribution is 5.99. The Hall–Kier alpha value is -1.85. The standard InChI is InChI=1S/C17H24N2O3/c1-4-9-18-14-8-6-5-7-13(14)17(21)19-10-15(20)16(11-19)22-12(2)3/h4-8,12,15-16,18,20H,1,9-11H2,2-3H3/t15-,16-/m0/s1. The van der Waals surface area contributed by atoms with Crippen molar-refractivity contribution < 1.29 is 14.6 Å². The number of anilines is 1. The fourth-order valence-corrected chi connectivity index (χ4v) is 2.58. The molecule has 120 valence electrons. The first-order valence-corrected chi connectivity index (χ1v) is 7.59. The maximum absolute atomic E-state index is 12.7. The van der Waals surface area contributed by atoms with E-state index in [1.54, 1.807) is 17.0 Å². The predicted molar refractivity (Wildman–Crippen MR) is 87.0 cm³/mol. The van der Waals surface area contributed by atoms with Crippen molar-refractivity contribution in [2.75, 3.05) is 25.0 Å². The van der Waals surface area contributed by atoms with Crippen LogP contribution in [0.1, 0.15) is 24.2 Å². The molecule has 0 saturated carbocycles. The van der Waals surface area contributed by atoms with Crippen molar-refractivity contribution in [3.8, 4) is 0 Å². The molecule has 22 heavy (non-hydrogen) atoms. The Kier molecular flexibility index (Phi) is 5.57. The zero-order valence-corrected chi connectivity index (χ0v) is 13.2. The zero-order chi connectivity index (χ0) is 16.1. The topological polar surface area (TPSA) is 61.8 Å². The van der Waals surface area contributed by atoms with Gasteiger partial charge in [-0.1, -0.05) is 18.2 Å². The van der Waals surface area contributed by atoms with Crippen molar-refractivity contribution in [1.82, 2.24) is 4.90 Å². The van der Waals surface area contributed by atoms with Crippen LogP contribution < -0.4 is 5.32 Å². The number of aliphatic hydroxyl groups is 1. The van der Waals surface area contributed by atoms with Crippen molar-refractivity contribution in [2.24, 2.45) is 0 Å². The molecule has 2 rings (SSSR count). The fraction of sp³-hybridized carbons (Fsp3) is 0.471. The number of β-amino-alcohol motifs (C(OH)–C–C–N with tert-alkyl or cyclic N) is 1. The van der Waals surface area contributed by atoms with Gasteiger partial charge in [-0.3, -0.25) is 4.79 Å². The number of carbonyl (C=O) groups is 1. The van der Waals surface area contributed by atoms with Gasteiger partial charge in [-0.15, -0.1) is 6.58 Å². The molecule has 0 bridgehead atoms. The summed E-state index contributed by atoms with van der Waals surface area (Å²) in [5.74, 6) is -0.0962. The molecule has 1 fully saturated rings. The lowest BCUT2D eigenvalue weighted by Crippen LogP contribution is -2.31. The van der Waals surface area contributed by atoms with Gasteiger partial charge in [0.15, 0.2) is 0 Å². The molecule has 1 heterocycles. The molecule has 1 aromatic rings. The molecular formula is C17H24N2O3. The number of likely N-dealkylation sites (tertiary alicyclic amines) is 1. The molecular weight excluding hydrogens is 280 g/mol. The van der Waals surface area contributed by atoms with Crippen LogP contribution >= 0.6 is 0 Å². The van der Waals surface area contributed by atoms with Gasteiger partial charge in [-0.2, -0.15) is 0 Å². The summed E-state index contributed by atoms with van der Waals surface area (Å²) >= 11 is 0. The molecule has 0 aliphatic carbocycles. The summed E-state index contributed by atoms with van der Waals surface area (Å²) in [6, 6.07) is 7.37. The minimum absolute atomic E-state index is 0.0243. The van der Waals surface area contributed by atoms with Gasteiger partial charge in [-0.05, 0) is 26.0 Å². The van der Waals surface area contributed by atoms with Gasteiger partial charge in [0.1, 0.15) is 6.10 Å². The van der Waals surface area contributed by atoms with Gasteiger partial charge in [0.2, 0.25) is 0 Å². The average molecular weight is 304 g/mol. The Morgan fingerprint density at radius 1 is 1.50 bits per heavy atom. The number of rotatable bonds is 6. The predicted octanol–water partition coefficient (Wildman–Crippen LogP) is 1.89. The SMILES string of the molecule is C=CCNc1ccccc1C(=O)N1C[C@H](OC(C)C)[C@@H](O)C1. The van der Waals surface area contributed by atoms with E-state index in [1.807, 2.05) is 32.0 Å². The van der Waals surface area contributed by atoms with Gasteiger partial charge in [0, 0.05) is 25.3 Å². The van der Waals surface area contributed by atoms with E-state index in [4.69, 9.17) is 4.74 Å². The Balaban J connectivity index is 2.10. The van der Waals surface area contributed by atoms with Crippen molar-refractivity contribution >= 4 is 11.6 Å². The van der Waals surface area contributed by atoms with Crippen LogP contribution in [0.3, 0.4) is 0 Å². The van der Waals surface area contributed by atoms with Crippen molar-refractivity contribution in [1.29, 1.82) is 0 Å². The van der Waals surface area contributed by atoms with E-state index in [-0.39, 0.29) is 18.1 Å². The second-order valence-electron chi connectivity index (χ2n) is 5.72. The van der Waals surface area contributed by atoms with Crippen molar-refractivity contribution in [2.45, 2.75) is 32.2 Å². The number of para-hydroxylation sites is 1. The lowest BCUT2D eigenvalue weighted by atomic mass is 10.1. The number of ether oxygens (including phenoxy) is 1. The van der Waals surface area contributed by atoms with Gasteiger partial charge < -0.3 is 20.1 Å². The highest BCUT2D eigenvalue weighted by Crippen LogP contribution is 2.22. The maximum atomic E-state index is 12.7. The van der Waals surface area contributed by atoms with Crippen LogP contribution in [0, 0.1) is 0 Å². The van der Waals surface area contributed by atoms with E-state index in [9.17, 15) is 9.90 Å². The quantitative estimate of drug-likeness (QED) is 0.788. The molecule has 5 heteroatoms. The number of hydrogen-bond donors (Lipinski definition) is 2. The van der Waals surface area contributed by atoms with Crippen molar-refractivity contribution in [3.05, 3.63) is 42.5 Å². The van der Waals surface area contributed by atoms with Crippen LogP contribution in [-0.4, -0.2) is 53.9 Å². The first-order valence-electron chi connectivity index (χ1n) is 7.59. The maximum Gasteiger partial charge on any atom is 0.256 e. The van der Waals surface area contributed by atoms with E-state index in [1.165, 1.54) is 0 Å². The molecule has 1 aliphatic heterocycles. The normalized spacial score (nSPS) is 21.2. The van der Waals surface area contributed by atoms with Crippen molar-refractivity contribution in [3.63, 3.8) is 0 Å². The second kappa shape index (κ2) is 7.42. The largest absolute Gasteiger partial charge is 0.388 e. The van der Waals surface area contributed by atoms with E-state index in [0.29, 0.717) is 25.2 Å². The highest BCUT2D eigenvalue weighted by Gasteiger charge is 2.36. The highest BCUT2D eigenvalue weighted by atomic mass is 16.5. The number of hydrogen-bond acceptors (Lipinski definition) is 4. The third-order valence-electron chi connectivity index (χ3n) is 3.57. The summed E-state index contributed by atoms with van der Waals surface area (Å²) in [7, 11) is 0. The molecule has 1 aliphatic rings. The molecule has 0 aromatic heterocycles.